The van der Waals surface area contributed by atoms with Crippen molar-refractivity contribution in [2.45, 2.75) is 71.1 Å². The summed E-state index contributed by atoms with van der Waals surface area (Å²) < 4.78 is 5.52. The number of aromatic nitrogens is 1. The lowest BCUT2D eigenvalue weighted by atomic mass is 9.80. The molecule has 92 valence electrons. The Morgan fingerprint density at radius 1 is 1.12 bits per heavy atom. The van der Waals surface area contributed by atoms with E-state index in [2.05, 4.69) is 25.8 Å². The summed E-state index contributed by atoms with van der Waals surface area (Å²) in [5.41, 5.74) is 0.147. The van der Waals surface area contributed by atoms with Crippen LogP contribution in [0.5, 0.6) is 0 Å². The van der Waals surface area contributed by atoms with Gasteiger partial charge in [0.25, 0.3) is 0 Å². The normalized spacial score (nSPS) is 14.9. The van der Waals surface area contributed by atoms with Crippen LogP contribution in [0.1, 0.15) is 71.6 Å². The fraction of sp³-hybridized carbons (Fsp3) is 0.786. The van der Waals surface area contributed by atoms with E-state index >= 15 is 0 Å². The zero-order valence-corrected chi connectivity index (χ0v) is 11.0. The first-order chi connectivity index (χ1) is 7.73. The van der Waals surface area contributed by atoms with Crippen LogP contribution in [0.25, 0.3) is 0 Å². The maximum Gasteiger partial charge on any atom is 0.199 e. The number of hydrogen-bond donors (Lipinski definition) is 0. The lowest BCUT2D eigenvalue weighted by molar-refractivity contribution is 0.290. The molecule has 1 aromatic heterocycles. The summed E-state index contributed by atoms with van der Waals surface area (Å²) in [6.45, 7) is 6.78. The molecule has 0 aliphatic rings. The van der Waals surface area contributed by atoms with Crippen molar-refractivity contribution in [3.05, 3.63) is 18.4 Å². The highest BCUT2D eigenvalue weighted by molar-refractivity contribution is 5.02. The minimum Gasteiger partial charge on any atom is -0.448 e. The van der Waals surface area contributed by atoms with Gasteiger partial charge in [0, 0.05) is 5.41 Å². The lowest BCUT2D eigenvalue weighted by Crippen LogP contribution is -2.22. The minimum absolute atomic E-state index is 0.147. The first-order valence-electron chi connectivity index (χ1n) is 6.63. The molecule has 0 spiro atoms. The van der Waals surface area contributed by atoms with Crippen LogP contribution >= 0.6 is 0 Å². The minimum atomic E-state index is 0.147. The van der Waals surface area contributed by atoms with Crippen LogP contribution in [0.3, 0.4) is 0 Å². The summed E-state index contributed by atoms with van der Waals surface area (Å²) in [5.74, 6) is 0.928. The van der Waals surface area contributed by atoms with Gasteiger partial charge in [0.05, 0.1) is 6.20 Å². The molecule has 0 radical (unpaired) electrons. The van der Waals surface area contributed by atoms with Gasteiger partial charge in [-0.25, -0.2) is 4.98 Å². The van der Waals surface area contributed by atoms with Crippen LogP contribution in [0.4, 0.5) is 0 Å². The molecule has 1 atom stereocenters. The SMILES string of the molecule is CCCCCC(C)(CCCC)c1ncco1. The summed E-state index contributed by atoms with van der Waals surface area (Å²) in [6, 6.07) is 0. The van der Waals surface area contributed by atoms with E-state index in [1.807, 2.05) is 0 Å². The predicted octanol–water partition coefficient (Wildman–Crippen LogP) is 4.70. The molecule has 2 heteroatoms. The first-order valence-corrected chi connectivity index (χ1v) is 6.63. The Bertz CT molecular complexity index is 268. The van der Waals surface area contributed by atoms with Gasteiger partial charge in [0.15, 0.2) is 5.89 Å². The smallest absolute Gasteiger partial charge is 0.199 e. The number of oxazole rings is 1. The van der Waals surface area contributed by atoms with Gasteiger partial charge in [-0.05, 0) is 12.8 Å². The number of hydrogen-bond acceptors (Lipinski definition) is 2. The largest absolute Gasteiger partial charge is 0.448 e. The lowest BCUT2D eigenvalue weighted by Gasteiger charge is -2.26. The summed E-state index contributed by atoms with van der Waals surface area (Å²) in [7, 11) is 0. The molecule has 1 unspecified atom stereocenters. The van der Waals surface area contributed by atoms with E-state index in [0.717, 1.165) is 5.89 Å². The second kappa shape index (κ2) is 6.72. The molecule has 0 aromatic carbocycles. The Hall–Kier alpha value is -0.790. The average Bonchev–Trinajstić information content (AvgIpc) is 2.81. The summed E-state index contributed by atoms with van der Waals surface area (Å²) in [5, 5.41) is 0. The molecule has 0 N–H and O–H groups in total. The molecule has 1 aromatic rings. The maximum atomic E-state index is 5.52. The molecule has 16 heavy (non-hydrogen) atoms. The fourth-order valence-electron chi connectivity index (χ4n) is 2.19. The third-order valence-electron chi connectivity index (χ3n) is 3.36. The van der Waals surface area contributed by atoms with Crippen molar-refractivity contribution in [1.29, 1.82) is 0 Å². The van der Waals surface area contributed by atoms with Gasteiger partial charge < -0.3 is 4.42 Å². The molecule has 1 heterocycles. The summed E-state index contributed by atoms with van der Waals surface area (Å²) in [6.07, 6.45) is 12.2. The first kappa shape index (κ1) is 13.3. The van der Waals surface area contributed by atoms with E-state index in [9.17, 15) is 0 Å². The quantitative estimate of drug-likeness (QED) is 0.597. The molecular weight excluding hydrogens is 198 g/mol. The highest BCUT2D eigenvalue weighted by atomic mass is 16.3. The molecule has 2 nitrogen and oxygen atoms in total. The van der Waals surface area contributed by atoms with E-state index in [1.165, 1.54) is 44.9 Å². The van der Waals surface area contributed by atoms with Crippen LogP contribution in [0.2, 0.25) is 0 Å². The van der Waals surface area contributed by atoms with Gasteiger partial charge in [0.1, 0.15) is 6.26 Å². The van der Waals surface area contributed by atoms with Crippen molar-refractivity contribution in [2.75, 3.05) is 0 Å². The number of nitrogens with zero attached hydrogens (tertiary/aromatic N) is 1. The topological polar surface area (TPSA) is 26.0 Å². The molecule has 0 fully saturated rings. The second-order valence-corrected chi connectivity index (χ2v) is 4.96. The van der Waals surface area contributed by atoms with Crippen molar-refractivity contribution < 1.29 is 4.42 Å². The van der Waals surface area contributed by atoms with Gasteiger partial charge in [-0.2, -0.15) is 0 Å². The van der Waals surface area contributed by atoms with Gasteiger partial charge in [-0.1, -0.05) is 52.9 Å². The van der Waals surface area contributed by atoms with Crippen molar-refractivity contribution in [2.24, 2.45) is 0 Å². The van der Waals surface area contributed by atoms with Crippen molar-refractivity contribution in [3.8, 4) is 0 Å². The monoisotopic (exact) mass is 223 g/mol. The Labute approximate surface area is 99.5 Å². The highest BCUT2D eigenvalue weighted by Crippen LogP contribution is 2.33. The van der Waals surface area contributed by atoms with Gasteiger partial charge >= 0.3 is 0 Å². The maximum absolute atomic E-state index is 5.52. The van der Waals surface area contributed by atoms with E-state index in [1.54, 1.807) is 12.5 Å². The van der Waals surface area contributed by atoms with Crippen LogP contribution in [-0.2, 0) is 5.41 Å². The van der Waals surface area contributed by atoms with Crippen LogP contribution < -0.4 is 0 Å². The van der Waals surface area contributed by atoms with Crippen molar-refractivity contribution in [1.82, 2.24) is 4.98 Å². The second-order valence-electron chi connectivity index (χ2n) is 4.96. The predicted molar refractivity (Wildman–Crippen MR) is 67.5 cm³/mol. The van der Waals surface area contributed by atoms with Gasteiger partial charge in [-0.15, -0.1) is 0 Å². The Morgan fingerprint density at radius 3 is 2.38 bits per heavy atom. The average molecular weight is 223 g/mol. The van der Waals surface area contributed by atoms with Crippen LogP contribution in [0, 0.1) is 0 Å². The molecule has 0 aliphatic heterocycles. The molecule has 0 saturated carbocycles. The summed E-state index contributed by atoms with van der Waals surface area (Å²) >= 11 is 0. The van der Waals surface area contributed by atoms with E-state index in [4.69, 9.17) is 4.42 Å². The zero-order valence-electron chi connectivity index (χ0n) is 11.0. The summed E-state index contributed by atoms with van der Waals surface area (Å²) in [4.78, 5) is 4.35. The standard InChI is InChI=1S/C14H25NO/c1-4-6-8-10-14(3,9-7-5-2)13-15-11-12-16-13/h11-12H,4-10H2,1-3H3. The Morgan fingerprint density at radius 2 is 1.81 bits per heavy atom. The molecular formula is C14H25NO. The van der Waals surface area contributed by atoms with E-state index in [-0.39, 0.29) is 5.41 Å². The van der Waals surface area contributed by atoms with Crippen LogP contribution in [0.15, 0.2) is 16.9 Å². The Kier molecular flexibility index (Phi) is 5.58. The Balaban J connectivity index is 2.60. The molecule has 0 saturated heterocycles. The van der Waals surface area contributed by atoms with Crippen molar-refractivity contribution >= 4 is 0 Å². The third kappa shape index (κ3) is 3.66. The van der Waals surface area contributed by atoms with Gasteiger partial charge in [-0.3, -0.25) is 0 Å². The van der Waals surface area contributed by atoms with E-state index < -0.39 is 0 Å². The molecule has 0 aliphatic carbocycles. The van der Waals surface area contributed by atoms with Gasteiger partial charge in [0.2, 0.25) is 0 Å². The molecule has 0 amide bonds. The number of unbranched alkanes of at least 4 members (excludes halogenated alkanes) is 3. The van der Waals surface area contributed by atoms with Crippen molar-refractivity contribution in [3.63, 3.8) is 0 Å². The third-order valence-corrected chi connectivity index (χ3v) is 3.36. The van der Waals surface area contributed by atoms with E-state index in [0.29, 0.717) is 0 Å². The van der Waals surface area contributed by atoms with Crippen LogP contribution in [-0.4, -0.2) is 4.98 Å². The zero-order chi connectivity index (χ0) is 11.9. The fourth-order valence-corrected chi connectivity index (χ4v) is 2.19. The molecule has 0 bridgehead atoms. The highest BCUT2D eigenvalue weighted by Gasteiger charge is 2.29. The number of rotatable bonds is 8. The molecule has 1 rings (SSSR count).